The molecule has 1 aliphatic heterocycles. The molecule has 1 aliphatic rings. The minimum atomic E-state index is -0.486. The van der Waals surface area contributed by atoms with Crippen LogP contribution < -0.4 is 15.4 Å². The molecule has 160 valence electrons. The van der Waals surface area contributed by atoms with Crippen LogP contribution in [0.1, 0.15) is 16.1 Å². The highest BCUT2D eigenvalue weighted by atomic mass is 16.5. The normalized spacial score (nSPS) is 13.2. The van der Waals surface area contributed by atoms with Crippen molar-refractivity contribution in [3.8, 4) is 16.9 Å². The zero-order valence-electron chi connectivity index (χ0n) is 17.8. The zero-order chi connectivity index (χ0) is 21.7. The number of aromatic amines is 2. The topological polar surface area (TPSA) is 116 Å². The van der Waals surface area contributed by atoms with Gasteiger partial charge in [0.25, 0.3) is 5.91 Å². The van der Waals surface area contributed by atoms with Crippen LogP contribution >= 0.6 is 0 Å². The zero-order valence-corrected chi connectivity index (χ0v) is 17.8. The number of anilines is 1. The van der Waals surface area contributed by atoms with Crippen molar-refractivity contribution in [2.24, 2.45) is 5.73 Å². The van der Waals surface area contributed by atoms with Gasteiger partial charge in [-0.1, -0.05) is 0 Å². The van der Waals surface area contributed by atoms with Gasteiger partial charge in [-0.2, -0.15) is 5.10 Å². The minimum absolute atomic E-state index is 0.444. The van der Waals surface area contributed by atoms with Crippen molar-refractivity contribution in [1.29, 1.82) is 0 Å². The fourth-order valence-corrected chi connectivity index (χ4v) is 4.23. The molecule has 5 rings (SSSR count). The lowest BCUT2D eigenvalue weighted by Crippen LogP contribution is -2.30. The highest BCUT2D eigenvalue weighted by Crippen LogP contribution is 2.40. The first-order valence-electron chi connectivity index (χ1n) is 10.2. The summed E-state index contributed by atoms with van der Waals surface area (Å²) in [5.41, 5.74) is 12.1. The number of aromatic nitrogens is 4. The summed E-state index contributed by atoms with van der Waals surface area (Å²) in [7, 11) is 6.01. The Labute approximate surface area is 179 Å². The van der Waals surface area contributed by atoms with E-state index in [0.29, 0.717) is 23.2 Å². The first-order valence-corrected chi connectivity index (χ1v) is 10.2. The number of nitrogens with zero attached hydrogens (tertiary/aromatic N) is 4. The molecule has 4 aromatic rings. The Kier molecular flexibility index (Phi) is 4.55. The summed E-state index contributed by atoms with van der Waals surface area (Å²) >= 11 is 0. The fraction of sp³-hybridized carbons (Fsp3) is 0.318. The van der Waals surface area contributed by atoms with Crippen molar-refractivity contribution < 1.29 is 9.53 Å². The second-order valence-electron chi connectivity index (χ2n) is 8.20. The molecule has 31 heavy (non-hydrogen) atoms. The molecule has 0 radical (unpaired) electrons. The van der Waals surface area contributed by atoms with Crippen LogP contribution in [-0.2, 0) is 6.42 Å². The lowest BCUT2D eigenvalue weighted by Gasteiger charge is -2.25. The SMILES string of the molecule is CN(C)CCN(C)c1cc(-c2cc3c4c(n[nH]c4c2)CCO3)c2nc[nH]c2c1C(N)=O. The molecule has 0 bridgehead atoms. The Balaban J connectivity index is 1.73. The van der Waals surface area contributed by atoms with Crippen LogP contribution in [0.15, 0.2) is 24.5 Å². The summed E-state index contributed by atoms with van der Waals surface area (Å²) in [6, 6.07) is 6.07. The van der Waals surface area contributed by atoms with E-state index >= 15 is 0 Å². The minimum Gasteiger partial charge on any atom is -0.492 e. The van der Waals surface area contributed by atoms with Gasteiger partial charge in [-0.3, -0.25) is 9.89 Å². The number of rotatable bonds is 6. The first-order chi connectivity index (χ1) is 14.9. The van der Waals surface area contributed by atoms with Gasteiger partial charge in [0.05, 0.1) is 51.8 Å². The first kappa shape index (κ1) is 19.4. The second kappa shape index (κ2) is 7.28. The summed E-state index contributed by atoms with van der Waals surface area (Å²) in [4.78, 5) is 24.2. The summed E-state index contributed by atoms with van der Waals surface area (Å²) in [6.07, 6.45) is 2.39. The van der Waals surface area contributed by atoms with Gasteiger partial charge in [-0.15, -0.1) is 0 Å². The van der Waals surface area contributed by atoms with Crippen LogP contribution in [0.5, 0.6) is 5.75 Å². The van der Waals surface area contributed by atoms with Crippen molar-refractivity contribution in [2.75, 3.05) is 45.7 Å². The van der Waals surface area contributed by atoms with E-state index in [-0.39, 0.29) is 0 Å². The molecule has 0 fully saturated rings. The average Bonchev–Trinajstić information content (AvgIpc) is 3.39. The smallest absolute Gasteiger partial charge is 0.253 e. The molecular formula is C22H25N7O2. The van der Waals surface area contributed by atoms with E-state index in [1.165, 1.54) is 0 Å². The number of fused-ring (bicyclic) bond motifs is 1. The number of likely N-dealkylation sites (N-methyl/N-ethyl adjacent to an activating group) is 2. The van der Waals surface area contributed by atoms with Gasteiger partial charge >= 0.3 is 0 Å². The van der Waals surface area contributed by atoms with Gasteiger partial charge in [0.1, 0.15) is 5.75 Å². The van der Waals surface area contributed by atoms with Crippen molar-refractivity contribution in [3.05, 3.63) is 35.8 Å². The van der Waals surface area contributed by atoms with Crippen molar-refractivity contribution in [2.45, 2.75) is 6.42 Å². The molecular weight excluding hydrogens is 394 g/mol. The van der Waals surface area contributed by atoms with Gasteiger partial charge in [0.15, 0.2) is 0 Å². The molecule has 4 N–H and O–H groups in total. The van der Waals surface area contributed by atoms with E-state index in [1.807, 2.05) is 33.3 Å². The third kappa shape index (κ3) is 3.17. The number of ether oxygens (including phenoxy) is 1. The molecule has 1 amide bonds. The molecule has 9 nitrogen and oxygen atoms in total. The van der Waals surface area contributed by atoms with Crippen LogP contribution in [0.25, 0.3) is 33.1 Å². The molecule has 0 spiro atoms. The number of hydrogen-bond donors (Lipinski definition) is 3. The quantitative estimate of drug-likeness (QED) is 0.441. The Morgan fingerprint density at radius 1 is 1.23 bits per heavy atom. The van der Waals surface area contributed by atoms with E-state index in [2.05, 4.69) is 36.0 Å². The average molecular weight is 419 g/mol. The molecule has 2 aromatic heterocycles. The number of carbonyl (C=O) groups excluding carboxylic acids is 1. The van der Waals surface area contributed by atoms with E-state index in [0.717, 1.165) is 58.7 Å². The number of imidazole rings is 1. The predicted octanol–water partition coefficient (Wildman–Crippen LogP) is 2.14. The third-order valence-electron chi connectivity index (χ3n) is 5.83. The number of nitrogens with two attached hydrogens (primary N) is 1. The number of hydrogen-bond acceptors (Lipinski definition) is 6. The summed E-state index contributed by atoms with van der Waals surface area (Å²) in [6.45, 7) is 2.18. The Hall–Kier alpha value is -3.59. The predicted molar refractivity (Wildman–Crippen MR) is 121 cm³/mol. The van der Waals surface area contributed by atoms with E-state index in [4.69, 9.17) is 10.5 Å². The molecule has 3 heterocycles. The lowest BCUT2D eigenvalue weighted by atomic mass is 9.96. The summed E-state index contributed by atoms with van der Waals surface area (Å²) < 4.78 is 5.94. The molecule has 0 saturated heterocycles. The lowest BCUT2D eigenvalue weighted by molar-refractivity contribution is 0.100. The van der Waals surface area contributed by atoms with Crippen LogP contribution in [0, 0.1) is 0 Å². The van der Waals surface area contributed by atoms with E-state index in [1.54, 1.807) is 6.33 Å². The monoisotopic (exact) mass is 419 g/mol. The second-order valence-corrected chi connectivity index (χ2v) is 8.20. The van der Waals surface area contributed by atoms with Crippen LogP contribution in [0.3, 0.4) is 0 Å². The summed E-state index contributed by atoms with van der Waals surface area (Å²) in [5, 5.41) is 8.59. The number of amides is 1. The van der Waals surface area contributed by atoms with E-state index in [9.17, 15) is 4.79 Å². The standard InChI is InChI=1S/C22H25N7O2/c1-28(2)5-6-29(3)16-10-13(20-21(25-11-24-20)19(16)22(23)30)12-8-15-18-14(26-27-15)4-7-31-17(18)9-12/h8-11H,4-7H2,1-3H3,(H2,23,30)(H,24,25)(H,26,27). The van der Waals surface area contributed by atoms with Crippen molar-refractivity contribution in [3.63, 3.8) is 0 Å². The summed E-state index contributed by atoms with van der Waals surface area (Å²) in [5.74, 6) is 0.326. The molecule has 0 saturated carbocycles. The fourth-order valence-electron chi connectivity index (χ4n) is 4.23. The molecule has 0 aliphatic carbocycles. The van der Waals surface area contributed by atoms with Crippen LogP contribution in [0.4, 0.5) is 5.69 Å². The number of carbonyl (C=O) groups is 1. The number of benzene rings is 2. The highest BCUT2D eigenvalue weighted by molar-refractivity contribution is 6.13. The van der Waals surface area contributed by atoms with Gasteiger partial charge in [-0.25, -0.2) is 4.98 Å². The van der Waals surface area contributed by atoms with Gasteiger partial charge in [0, 0.05) is 32.1 Å². The maximum Gasteiger partial charge on any atom is 0.253 e. The maximum absolute atomic E-state index is 12.4. The van der Waals surface area contributed by atoms with Crippen LogP contribution in [0.2, 0.25) is 0 Å². The van der Waals surface area contributed by atoms with Crippen LogP contribution in [-0.4, -0.2) is 71.8 Å². The highest BCUT2D eigenvalue weighted by Gasteiger charge is 2.24. The Morgan fingerprint density at radius 2 is 2.06 bits per heavy atom. The maximum atomic E-state index is 12.4. The van der Waals surface area contributed by atoms with Gasteiger partial charge in [-0.05, 0) is 37.9 Å². The third-order valence-corrected chi connectivity index (χ3v) is 5.83. The number of nitrogens with one attached hydrogen (secondary N) is 2. The number of H-pyrrole nitrogens is 2. The molecule has 0 atom stereocenters. The van der Waals surface area contributed by atoms with E-state index < -0.39 is 5.91 Å². The molecule has 0 unspecified atom stereocenters. The van der Waals surface area contributed by atoms with Gasteiger partial charge in [0.2, 0.25) is 0 Å². The van der Waals surface area contributed by atoms with Gasteiger partial charge < -0.3 is 25.3 Å². The molecule has 9 heteroatoms. The van der Waals surface area contributed by atoms with Crippen molar-refractivity contribution in [1.82, 2.24) is 25.1 Å². The van der Waals surface area contributed by atoms with Crippen molar-refractivity contribution >= 4 is 33.5 Å². The Bertz CT molecular complexity index is 1300. The number of primary amides is 1. The molecule has 2 aromatic carbocycles. The Morgan fingerprint density at radius 3 is 2.84 bits per heavy atom. The largest absolute Gasteiger partial charge is 0.492 e.